The van der Waals surface area contributed by atoms with Gasteiger partial charge in [-0.3, -0.25) is 0 Å². The minimum atomic E-state index is -3.82. The number of pyridine rings is 1. The molecule has 0 radical (unpaired) electrons. The van der Waals surface area contributed by atoms with Crippen LogP contribution in [0.1, 0.15) is 0 Å². The van der Waals surface area contributed by atoms with Crippen LogP contribution in [0.2, 0.25) is 0 Å². The molecule has 1 aromatic heterocycles. The van der Waals surface area contributed by atoms with Crippen molar-refractivity contribution in [1.29, 1.82) is 0 Å². The van der Waals surface area contributed by atoms with E-state index in [4.69, 9.17) is 9.88 Å². The van der Waals surface area contributed by atoms with Gasteiger partial charge in [-0.25, -0.2) is 18.5 Å². The molecule has 0 bridgehead atoms. The van der Waals surface area contributed by atoms with Crippen molar-refractivity contribution in [3.8, 4) is 5.88 Å². The molecule has 0 spiro atoms. The van der Waals surface area contributed by atoms with Crippen molar-refractivity contribution < 1.29 is 13.2 Å². The largest absolute Gasteiger partial charge is 0.480 e. The van der Waals surface area contributed by atoms with Gasteiger partial charge in [0, 0.05) is 5.39 Å². The summed E-state index contributed by atoms with van der Waals surface area (Å²) >= 11 is 0. The van der Waals surface area contributed by atoms with Crippen molar-refractivity contribution in [3.63, 3.8) is 0 Å². The van der Waals surface area contributed by atoms with E-state index in [0.29, 0.717) is 10.9 Å². The average Bonchev–Trinajstić information content (AvgIpc) is 2.26. The molecule has 0 amide bonds. The summed E-state index contributed by atoms with van der Waals surface area (Å²) < 4.78 is 27.5. The van der Waals surface area contributed by atoms with Gasteiger partial charge in [0.25, 0.3) is 0 Å². The number of hydrogen-bond acceptors (Lipinski definition) is 4. The lowest BCUT2D eigenvalue weighted by Crippen LogP contribution is -2.14. The number of nitrogens with two attached hydrogens (primary N) is 1. The Morgan fingerprint density at radius 1 is 1.31 bits per heavy atom. The smallest absolute Gasteiger partial charge is 0.243 e. The number of aromatic nitrogens is 1. The Morgan fingerprint density at radius 2 is 2.00 bits per heavy atom. The fourth-order valence-electron chi connectivity index (χ4n) is 1.43. The lowest BCUT2D eigenvalue weighted by molar-refractivity contribution is 0.387. The van der Waals surface area contributed by atoms with Crippen LogP contribution in [0.5, 0.6) is 5.88 Å². The number of primary sulfonamides is 1. The molecule has 16 heavy (non-hydrogen) atoms. The van der Waals surface area contributed by atoms with Crippen molar-refractivity contribution >= 4 is 20.9 Å². The lowest BCUT2D eigenvalue weighted by Gasteiger charge is -2.06. The van der Waals surface area contributed by atoms with Crippen LogP contribution in [-0.4, -0.2) is 20.5 Å². The first-order chi connectivity index (χ1) is 7.52. The number of para-hydroxylation sites is 1. The van der Waals surface area contributed by atoms with Crippen LogP contribution in [0.4, 0.5) is 0 Å². The molecule has 0 aliphatic carbocycles. The molecule has 0 saturated carbocycles. The van der Waals surface area contributed by atoms with Gasteiger partial charge in [-0.05, 0) is 12.1 Å². The van der Waals surface area contributed by atoms with Crippen LogP contribution in [0.25, 0.3) is 10.9 Å². The van der Waals surface area contributed by atoms with Crippen LogP contribution in [0, 0.1) is 0 Å². The minimum absolute atomic E-state index is 0.0150. The standard InChI is InChI=1S/C10H10N2O3S/c1-15-10-9(16(11,13)14)6-7-4-2-3-5-8(7)12-10/h2-6H,1H3,(H2,11,13,14). The van der Waals surface area contributed by atoms with E-state index in [1.165, 1.54) is 13.2 Å². The second kappa shape index (κ2) is 3.73. The molecule has 0 saturated heterocycles. The molecule has 1 heterocycles. The van der Waals surface area contributed by atoms with Gasteiger partial charge < -0.3 is 4.74 Å². The Hall–Kier alpha value is -1.66. The average molecular weight is 238 g/mol. The van der Waals surface area contributed by atoms with E-state index < -0.39 is 10.0 Å². The molecule has 0 atom stereocenters. The topological polar surface area (TPSA) is 82.3 Å². The fourth-order valence-corrected chi connectivity index (χ4v) is 2.09. The number of hydrogen-bond donors (Lipinski definition) is 1. The van der Waals surface area contributed by atoms with Crippen LogP contribution in [-0.2, 0) is 10.0 Å². The third-order valence-electron chi connectivity index (χ3n) is 2.16. The summed E-state index contributed by atoms with van der Waals surface area (Å²) in [5.41, 5.74) is 0.659. The molecule has 0 aliphatic heterocycles. The Labute approximate surface area is 92.9 Å². The van der Waals surface area contributed by atoms with Gasteiger partial charge in [-0.2, -0.15) is 0 Å². The van der Waals surface area contributed by atoms with Crippen molar-refractivity contribution in [2.75, 3.05) is 7.11 Å². The lowest BCUT2D eigenvalue weighted by atomic mass is 10.2. The first-order valence-corrected chi connectivity index (χ1v) is 6.03. The van der Waals surface area contributed by atoms with E-state index in [0.717, 1.165) is 0 Å². The third-order valence-corrected chi connectivity index (χ3v) is 3.06. The van der Waals surface area contributed by atoms with Crippen molar-refractivity contribution in [2.24, 2.45) is 5.14 Å². The molecule has 1 aromatic carbocycles. The summed E-state index contributed by atoms with van der Waals surface area (Å²) in [7, 11) is -2.47. The van der Waals surface area contributed by atoms with Gasteiger partial charge in [0.15, 0.2) is 0 Å². The number of sulfonamides is 1. The van der Waals surface area contributed by atoms with E-state index in [9.17, 15) is 8.42 Å². The predicted molar refractivity (Wildman–Crippen MR) is 59.7 cm³/mol. The maximum Gasteiger partial charge on any atom is 0.243 e. The van der Waals surface area contributed by atoms with Gasteiger partial charge in [0.05, 0.1) is 12.6 Å². The van der Waals surface area contributed by atoms with Gasteiger partial charge in [0.1, 0.15) is 4.90 Å². The summed E-state index contributed by atoms with van der Waals surface area (Å²) in [4.78, 5) is 3.98. The quantitative estimate of drug-likeness (QED) is 0.842. The Bertz CT molecular complexity index is 638. The Balaban J connectivity index is 2.83. The summed E-state index contributed by atoms with van der Waals surface area (Å²) in [5.74, 6) is 0.0150. The zero-order chi connectivity index (χ0) is 11.8. The van der Waals surface area contributed by atoms with Crippen molar-refractivity contribution in [3.05, 3.63) is 30.3 Å². The normalized spacial score (nSPS) is 11.6. The van der Waals surface area contributed by atoms with Crippen LogP contribution >= 0.6 is 0 Å². The highest BCUT2D eigenvalue weighted by atomic mass is 32.2. The highest BCUT2D eigenvalue weighted by Crippen LogP contribution is 2.24. The monoisotopic (exact) mass is 238 g/mol. The molecule has 2 aromatic rings. The number of ether oxygens (including phenoxy) is 1. The number of benzene rings is 1. The maximum atomic E-state index is 11.3. The van der Waals surface area contributed by atoms with Crippen LogP contribution in [0.15, 0.2) is 35.2 Å². The van der Waals surface area contributed by atoms with E-state index in [-0.39, 0.29) is 10.8 Å². The number of fused-ring (bicyclic) bond motifs is 1. The van der Waals surface area contributed by atoms with E-state index in [1.54, 1.807) is 18.2 Å². The van der Waals surface area contributed by atoms with Crippen molar-refractivity contribution in [1.82, 2.24) is 4.98 Å². The summed E-state index contributed by atoms with van der Waals surface area (Å²) in [6, 6.07) is 8.59. The van der Waals surface area contributed by atoms with Gasteiger partial charge in [-0.15, -0.1) is 0 Å². The molecule has 0 fully saturated rings. The first-order valence-electron chi connectivity index (χ1n) is 4.49. The van der Waals surface area contributed by atoms with E-state index >= 15 is 0 Å². The van der Waals surface area contributed by atoms with Crippen LogP contribution in [0.3, 0.4) is 0 Å². The number of methoxy groups -OCH3 is 1. The number of nitrogens with zero attached hydrogens (tertiary/aromatic N) is 1. The molecule has 6 heteroatoms. The Kier molecular flexibility index (Phi) is 2.53. The van der Waals surface area contributed by atoms with Gasteiger partial charge >= 0.3 is 0 Å². The fraction of sp³-hybridized carbons (Fsp3) is 0.100. The van der Waals surface area contributed by atoms with Crippen molar-refractivity contribution in [2.45, 2.75) is 4.90 Å². The number of rotatable bonds is 2. The summed E-state index contributed by atoms with van der Waals surface area (Å²) in [6.45, 7) is 0. The van der Waals surface area contributed by atoms with Crippen LogP contribution < -0.4 is 9.88 Å². The highest BCUT2D eigenvalue weighted by molar-refractivity contribution is 7.89. The minimum Gasteiger partial charge on any atom is -0.480 e. The molecule has 84 valence electrons. The molecular formula is C10H10N2O3S. The van der Waals surface area contributed by atoms with Gasteiger partial charge in [0.2, 0.25) is 15.9 Å². The first kappa shape index (κ1) is 10.8. The second-order valence-electron chi connectivity index (χ2n) is 3.23. The molecular weight excluding hydrogens is 228 g/mol. The second-order valence-corrected chi connectivity index (χ2v) is 4.76. The Morgan fingerprint density at radius 3 is 2.62 bits per heavy atom. The third kappa shape index (κ3) is 1.84. The zero-order valence-electron chi connectivity index (χ0n) is 8.54. The maximum absolute atomic E-state index is 11.3. The van der Waals surface area contributed by atoms with Gasteiger partial charge in [-0.1, -0.05) is 18.2 Å². The summed E-state index contributed by atoms with van der Waals surface area (Å²) in [5, 5.41) is 5.78. The molecule has 2 N–H and O–H groups in total. The van der Waals surface area contributed by atoms with E-state index in [1.807, 2.05) is 6.07 Å². The molecule has 5 nitrogen and oxygen atoms in total. The molecule has 2 rings (SSSR count). The molecule has 0 aliphatic rings. The summed E-state index contributed by atoms with van der Waals surface area (Å²) in [6.07, 6.45) is 0. The predicted octanol–water partition coefficient (Wildman–Crippen LogP) is 0.891. The zero-order valence-corrected chi connectivity index (χ0v) is 9.36. The molecule has 0 unspecified atom stereocenters. The van der Waals surface area contributed by atoms with E-state index in [2.05, 4.69) is 4.98 Å². The highest BCUT2D eigenvalue weighted by Gasteiger charge is 2.17. The SMILES string of the molecule is COc1nc2ccccc2cc1S(N)(=O)=O.